The maximum atomic E-state index is 13.8. The molecule has 1 N–H and O–H groups in total. The molecule has 0 bridgehead atoms. The van der Waals surface area contributed by atoms with Gasteiger partial charge in [-0.25, -0.2) is 9.37 Å². The van der Waals surface area contributed by atoms with Crippen LogP contribution in [0.3, 0.4) is 0 Å². The minimum atomic E-state index is -0.402. The van der Waals surface area contributed by atoms with Gasteiger partial charge in [-0.05, 0) is 42.7 Å². The van der Waals surface area contributed by atoms with Crippen LogP contribution >= 0.6 is 0 Å². The van der Waals surface area contributed by atoms with Crippen molar-refractivity contribution in [1.29, 1.82) is 5.26 Å². The molecule has 0 saturated heterocycles. The van der Waals surface area contributed by atoms with Crippen LogP contribution in [-0.4, -0.2) is 17.1 Å². The Kier molecular flexibility index (Phi) is 5.89. The Balaban J connectivity index is 1.80. The van der Waals surface area contributed by atoms with Crippen LogP contribution < -0.4 is 10.3 Å². The number of aryl methyl sites for hydroxylation is 1. The number of H-pyrrole nitrogens is 1. The summed E-state index contributed by atoms with van der Waals surface area (Å²) in [6.07, 6.45) is 0.368. The van der Waals surface area contributed by atoms with Crippen molar-refractivity contribution in [2.45, 2.75) is 33.5 Å². The number of methoxy groups -OCH3 is 1. The quantitative estimate of drug-likeness (QED) is 0.626. The number of nitrogens with one attached hydrogen (secondary N) is 1. The third-order valence-electron chi connectivity index (χ3n) is 5.46. The van der Waals surface area contributed by atoms with E-state index in [1.807, 2.05) is 18.2 Å². The summed E-state index contributed by atoms with van der Waals surface area (Å²) in [7, 11) is 1.56. The summed E-state index contributed by atoms with van der Waals surface area (Å²) in [6.45, 7) is 3.93. The maximum absolute atomic E-state index is 13.8. The van der Waals surface area contributed by atoms with Crippen LogP contribution in [0, 0.1) is 24.1 Å². The third-order valence-corrected chi connectivity index (χ3v) is 5.46. The summed E-state index contributed by atoms with van der Waals surface area (Å²) >= 11 is 0. The molecule has 1 aliphatic heterocycles. The highest BCUT2D eigenvalue weighted by Gasteiger charge is 2.22. The Labute approximate surface area is 185 Å². The van der Waals surface area contributed by atoms with E-state index < -0.39 is 5.82 Å². The highest BCUT2D eigenvalue weighted by molar-refractivity contribution is 5.88. The second kappa shape index (κ2) is 8.77. The van der Waals surface area contributed by atoms with E-state index in [4.69, 9.17) is 9.47 Å². The summed E-state index contributed by atoms with van der Waals surface area (Å²) < 4.78 is 25.0. The van der Waals surface area contributed by atoms with Gasteiger partial charge in [0.1, 0.15) is 24.0 Å². The van der Waals surface area contributed by atoms with Gasteiger partial charge in [-0.15, -0.1) is 0 Å². The van der Waals surface area contributed by atoms with E-state index in [-0.39, 0.29) is 18.8 Å². The molecule has 0 atom stereocenters. The topological polar surface area (TPSA) is 88.0 Å². The molecule has 0 spiro atoms. The number of allylic oxidation sites excluding steroid dienone is 1. The van der Waals surface area contributed by atoms with E-state index in [2.05, 4.69) is 16.0 Å². The predicted octanol–water partition coefficient (Wildman–Crippen LogP) is 4.19. The van der Waals surface area contributed by atoms with Gasteiger partial charge >= 0.3 is 0 Å². The van der Waals surface area contributed by atoms with Crippen LogP contribution in [0.15, 0.2) is 46.8 Å². The molecule has 162 valence electrons. The third kappa shape index (κ3) is 4.05. The second-order valence-corrected chi connectivity index (χ2v) is 7.72. The second-order valence-electron chi connectivity index (χ2n) is 7.72. The van der Waals surface area contributed by atoms with Crippen LogP contribution in [0.1, 0.15) is 46.3 Å². The Hall–Kier alpha value is -3.76. The Morgan fingerprint density at radius 3 is 2.81 bits per heavy atom. The van der Waals surface area contributed by atoms with Gasteiger partial charge in [-0.1, -0.05) is 18.2 Å². The van der Waals surface area contributed by atoms with Crippen molar-refractivity contribution in [1.82, 2.24) is 9.97 Å². The van der Waals surface area contributed by atoms with E-state index in [0.29, 0.717) is 40.4 Å². The lowest BCUT2D eigenvalue weighted by atomic mass is 9.89. The zero-order valence-electron chi connectivity index (χ0n) is 18.1. The van der Waals surface area contributed by atoms with Gasteiger partial charge in [0.25, 0.3) is 5.56 Å². The average Bonchev–Trinajstić information content (AvgIpc) is 2.92. The molecular formula is C25H22FN3O3. The average molecular weight is 431 g/mol. The first-order chi connectivity index (χ1) is 15.4. The standard InChI is InChI=1S/C25H22FN3O3/c1-14(11-27)24-19-6-4-16(9-21-22(13-31-3)28-15(2)29-25(21)30)8-17(19)12-32-23-10-18(26)5-7-20(23)24/h4-8,10H,9,12-13H2,1-3H3,(H,28,29,30). The highest BCUT2D eigenvalue weighted by atomic mass is 19.1. The number of rotatable bonds is 4. The number of hydrogen-bond donors (Lipinski definition) is 1. The lowest BCUT2D eigenvalue weighted by Crippen LogP contribution is -2.20. The molecule has 32 heavy (non-hydrogen) atoms. The summed E-state index contributed by atoms with van der Waals surface area (Å²) in [5, 5.41) is 9.59. The Morgan fingerprint density at radius 1 is 1.28 bits per heavy atom. The fraction of sp³-hybridized carbons (Fsp3) is 0.240. The summed E-state index contributed by atoms with van der Waals surface area (Å²) in [5.74, 6) is 0.530. The van der Waals surface area contributed by atoms with Crippen LogP contribution in [0.5, 0.6) is 5.75 Å². The molecule has 0 aliphatic carbocycles. The van der Waals surface area contributed by atoms with Crippen molar-refractivity contribution in [2.75, 3.05) is 7.11 Å². The minimum absolute atomic E-state index is 0.195. The molecule has 0 fully saturated rings. The van der Waals surface area contributed by atoms with E-state index in [9.17, 15) is 14.4 Å². The van der Waals surface area contributed by atoms with E-state index in [1.54, 1.807) is 27.0 Å². The molecule has 6 nitrogen and oxygen atoms in total. The van der Waals surface area contributed by atoms with Gasteiger partial charge in [-0.2, -0.15) is 5.26 Å². The molecule has 2 aromatic carbocycles. The molecule has 3 aromatic rings. The number of benzene rings is 2. The SMILES string of the molecule is COCc1nc(C)[nH]c(=O)c1Cc1ccc2c(c1)COc1cc(F)ccc1C2=C(C)C#N. The number of nitrogens with zero attached hydrogens (tertiary/aromatic N) is 2. The highest BCUT2D eigenvalue weighted by Crippen LogP contribution is 2.39. The molecule has 1 aromatic heterocycles. The Bertz CT molecular complexity index is 1340. The maximum Gasteiger partial charge on any atom is 0.254 e. The number of halogens is 1. The summed E-state index contributed by atoms with van der Waals surface area (Å²) in [4.78, 5) is 19.8. The fourth-order valence-electron chi connectivity index (χ4n) is 4.01. The first kappa shape index (κ1) is 21.5. The van der Waals surface area contributed by atoms with Crippen LogP contribution in [0.2, 0.25) is 0 Å². The van der Waals surface area contributed by atoms with Gasteiger partial charge in [-0.3, -0.25) is 4.79 Å². The molecule has 4 rings (SSSR count). The van der Waals surface area contributed by atoms with Gasteiger partial charge in [0, 0.05) is 41.9 Å². The molecule has 2 heterocycles. The zero-order valence-corrected chi connectivity index (χ0v) is 18.1. The number of fused-ring (bicyclic) bond motifs is 2. The molecule has 0 saturated carbocycles. The van der Waals surface area contributed by atoms with E-state index >= 15 is 0 Å². The van der Waals surface area contributed by atoms with Crippen molar-refractivity contribution in [3.63, 3.8) is 0 Å². The van der Waals surface area contributed by atoms with Gasteiger partial charge < -0.3 is 14.5 Å². The lowest BCUT2D eigenvalue weighted by Gasteiger charge is -2.13. The van der Waals surface area contributed by atoms with Gasteiger partial charge in [0.05, 0.1) is 18.4 Å². The summed E-state index contributed by atoms with van der Waals surface area (Å²) in [6, 6.07) is 12.3. The minimum Gasteiger partial charge on any atom is -0.488 e. The first-order valence-corrected chi connectivity index (χ1v) is 10.1. The number of ether oxygens (including phenoxy) is 2. The van der Waals surface area contributed by atoms with Gasteiger partial charge in [0.2, 0.25) is 0 Å². The number of aromatic amines is 1. The van der Waals surface area contributed by atoms with Crippen LogP contribution in [0.25, 0.3) is 5.57 Å². The molecular weight excluding hydrogens is 409 g/mol. The fourth-order valence-corrected chi connectivity index (χ4v) is 4.01. The predicted molar refractivity (Wildman–Crippen MR) is 118 cm³/mol. The number of aromatic nitrogens is 2. The zero-order chi connectivity index (χ0) is 22.8. The number of hydrogen-bond acceptors (Lipinski definition) is 5. The molecule has 1 aliphatic rings. The lowest BCUT2D eigenvalue weighted by molar-refractivity contribution is 0.180. The van der Waals surface area contributed by atoms with Crippen molar-refractivity contribution in [3.8, 4) is 11.8 Å². The van der Waals surface area contributed by atoms with E-state index in [1.165, 1.54) is 12.1 Å². The number of nitriles is 1. The van der Waals surface area contributed by atoms with Crippen LogP contribution in [-0.2, 0) is 24.4 Å². The normalized spacial score (nSPS) is 14.0. The largest absolute Gasteiger partial charge is 0.488 e. The molecule has 0 unspecified atom stereocenters. The monoisotopic (exact) mass is 431 g/mol. The summed E-state index contributed by atoms with van der Waals surface area (Å²) in [5.41, 5.74) is 5.46. The van der Waals surface area contributed by atoms with Crippen LogP contribution in [0.4, 0.5) is 4.39 Å². The molecule has 7 heteroatoms. The van der Waals surface area contributed by atoms with Crippen molar-refractivity contribution in [2.24, 2.45) is 0 Å². The van der Waals surface area contributed by atoms with Crippen molar-refractivity contribution < 1.29 is 13.9 Å². The first-order valence-electron chi connectivity index (χ1n) is 10.1. The molecule has 0 radical (unpaired) electrons. The van der Waals surface area contributed by atoms with Gasteiger partial charge in [0.15, 0.2) is 0 Å². The Morgan fingerprint density at radius 2 is 2.06 bits per heavy atom. The molecule has 0 amide bonds. The van der Waals surface area contributed by atoms with Crippen molar-refractivity contribution in [3.05, 3.63) is 97.5 Å². The van der Waals surface area contributed by atoms with E-state index in [0.717, 1.165) is 22.3 Å². The smallest absolute Gasteiger partial charge is 0.254 e. The van der Waals surface area contributed by atoms with Crippen molar-refractivity contribution >= 4 is 5.57 Å².